The van der Waals surface area contributed by atoms with Crippen molar-refractivity contribution in [3.8, 4) is 0 Å². The van der Waals surface area contributed by atoms with E-state index in [4.69, 9.17) is 4.74 Å². The number of hydrogen-bond donors (Lipinski definition) is 0. The minimum Gasteiger partial charge on any atom is -0.458 e. The standard InChI is InChI=1S/C15H16N2O2/c1-13(18)19-15(8-11-17-10-5-9-16-17)12-14-6-3-2-4-7-14/h2-11,15H,12H2,1H3/b11-8-. The summed E-state index contributed by atoms with van der Waals surface area (Å²) in [7, 11) is 0. The topological polar surface area (TPSA) is 44.1 Å². The highest BCUT2D eigenvalue weighted by Crippen LogP contribution is 2.08. The first-order valence-corrected chi connectivity index (χ1v) is 6.12. The molecule has 1 aromatic carbocycles. The lowest BCUT2D eigenvalue weighted by molar-refractivity contribution is -0.144. The Morgan fingerprint density at radius 1 is 1.37 bits per heavy atom. The van der Waals surface area contributed by atoms with Crippen LogP contribution in [-0.4, -0.2) is 21.9 Å². The second-order valence-electron chi connectivity index (χ2n) is 4.17. The van der Waals surface area contributed by atoms with Crippen molar-refractivity contribution in [1.82, 2.24) is 9.78 Å². The van der Waals surface area contributed by atoms with Gasteiger partial charge in [0.15, 0.2) is 0 Å². The second kappa shape index (κ2) is 6.54. The molecule has 1 aromatic heterocycles. The molecule has 19 heavy (non-hydrogen) atoms. The van der Waals surface area contributed by atoms with Gasteiger partial charge in [0, 0.05) is 31.9 Å². The van der Waals surface area contributed by atoms with Gasteiger partial charge in [-0.2, -0.15) is 5.10 Å². The van der Waals surface area contributed by atoms with Crippen molar-refractivity contribution < 1.29 is 9.53 Å². The third-order valence-electron chi connectivity index (χ3n) is 2.58. The van der Waals surface area contributed by atoms with E-state index < -0.39 is 0 Å². The molecule has 0 fully saturated rings. The lowest BCUT2D eigenvalue weighted by Gasteiger charge is -2.13. The van der Waals surface area contributed by atoms with Crippen molar-refractivity contribution in [1.29, 1.82) is 0 Å². The lowest BCUT2D eigenvalue weighted by atomic mass is 10.1. The molecule has 0 aliphatic heterocycles. The molecule has 0 saturated heterocycles. The number of hydrogen-bond acceptors (Lipinski definition) is 3. The maximum atomic E-state index is 11.1. The first kappa shape index (κ1) is 13.1. The van der Waals surface area contributed by atoms with Gasteiger partial charge in [0.2, 0.25) is 0 Å². The molecule has 2 rings (SSSR count). The van der Waals surface area contributed by atoms with E-state index in [0.717, 1.165) is 5.56 Å². The zero-order valence-electron chi connectivity index (χ0n) is 10.8. The van der Waals surface area contributed by atoms with E-state index in [1.807, 2.05) is 48.7 Å². The summed E-state index contributed by atoms with van der Waals surface area (Å²) in [6, 6.07) is 11.8. The predicted molar refractivity (Wildman–Crippen MR) is 73.3 cm³/mol. The number of carbonyl (C=O) groups excluding carboxylic acids is 1. The van der Waals surface area contributed by atoms with Gasteiger partial charge < -0.3 is 4.74 Å². The second-order valence-corrected chi connectivity index (χ2v) is 4.17. The molecule has 0 bridgehead atoms. The Bertz CT molecular complexity index is 533. The Balaban J connectivity index is 2.05. The molecule has 0 N–H and O–H groups in total. The van der Waals surface area contributed by atoms with E-state index >= 15 is 0 Å². The molecule has 0 amide bonds. The highest BCUT2D eigenvalue weighted by atomic mass is 16.5. The van der Waals surface area contributed by atoms with E-state index in [2.05, 4.69) is 5.10 Å². The zero-order chi connectivity index (χ0) is 13.5. The van der Waals surface area contributed by atoms with Gasteiger partial charge in [-0.15, -0.1) is 0 Å². The van der Waals surface area contributed by atoms with Crippen LogP contribution in [0.15, 0.2) is 54.9 Å². The zero-order valence-corrected chi connectivity index (χ0v) is 10.8. The van der Waals surface area contributed by atoms with Gasteiger partial charge in [0.05, 0.1) is 0 Å². The highest BCUT2D eigenvalue weighted by Gasteiger charge is 2.09. The number of carbonyl (C=O) groups is 1. The van der Waals surface area contributed by atoms with E-state index in [1.165, 1.54) is 6.92 Å². The van der Waals surface area contributed by atoms with Crippen molar-refractivity contribution in [2.24, 2.45) is 0 Å². The first-order valence-electron chi connectivity index (χ1n) is 6.12. The average Bonchev–Trinajstić information content (AvgIpc) is 2.90. The summed E-state index contributed by atoms with van der Waals surface area (Å²) in [4.78, 5) is 11.1. The number of rotatable bonds is 5. The fourth-order valence-electron chi connectivity index (χ4n) is 1.76. The van der Waals surface area contributed by atoms with Crippen molar-refractivity contribution in [2.75, 3.05) is 0 Å². The molecule has 1 atom stereocenters. The van der Waals surface area contributed by atoms with Crippen LogP contribution in [0.4, 0.5) is 0 Å². The molecular formula is C15H16N2O2. The van der Waals surface area contributed by atoms with Crippen LogP contribution in [0.3, 0.4) is 0 Å². The van der Waals surface area contributed by atoms with Gasteiger partial charge >= 0.3 is 5.97 Å². The molecular weight excluding hydrogens is 240 g/mol. The van der Waals surface area contributed by atoms with Crippen LogP contribution in [0.1, 0.15) is 12.5 Å². The molecule has 4 nitrogen and oxygen atoms in total. The summed E-state index contributed by atoms with van der Waals surface area (Å²) >= 11 is 0. The largest absolute Gasteiger partial charge is 0.458 e. The number of aromatic nitrogens is 2. The summed E-state index contributed by atoms with van der Waals surface area (Å²) in [5.41, 5.74) is 1.12. The summed E-state index contributed by atoms with van der Waals surface area (Å²) in [6.45, 7) is 1.42. The monoisotopic (exact) mass is 256 g/mol. The Hall–Kier alpha value is -2.36. The first-order chi connectivity index (χ1) is 9.24. The predicted octanol–water partition coefficient (Wildman–Crippen LogP) is 2.53. The quantitative estimate of drug-likeness (QED) is 0.772. The lowest BCUT2D eigenvalue weighted by Crippen LogP contribution is -2.16. The van der Waals surface area contributed by atoms with Crippen molar-refractivity contribution in [3.63, 3.8) is 0 Å². The van der Waals surface area contributed by atoms with Crippen molar-refractivity contribution in [2.45, 2.75) is 19.4 Å². The summed E-state index contributed by atoms with van der Waals surface area (Å²) < 4.78 is 6.95. The third kappa shape index (κ3) is 4.43. The maximum absolute atomic E-state index is 11.1. The van der Waals surface area contributed by atoms with Crippen molar-refractivity contribution >= 4 is 12.2 Å². The van der Waals surface area contributed by atoms with Gasteiger partial charge in [0.25, 0.3) is 0 Å². The van der Waals surface area contributed by atoms with E-state index in [9.17, 15) is 4.79 Å². The SMILES string of the molecule is CC(=O)OC(/C=C\n1cccn1)Cc1ccccc1. The van der Waals surface area contributed by atoms with Crippen molar-refractivity contribution in [3.05, 3.63) is 60.4 Å². The molecule has 4 heteroatoms. The molecule has 1 heterocycles. The Kier molecular flexibility index (Phi) is 4.50. The number of nitrogens with zero attached hydrogens (tertiary/aromatic N) is 2. The van der Waals surface area contributed by atoms with Crippen LogP contribution in [0, 0.1) is 0 Å². The highest BCUT2D eigenvalue weighted by molar-refractivity contribution is 5.66. The number of ether oxygens (including phenoxy) is 1. The average molecular weight is 256 g/mol. The van der Waals surface area contributed by atoms with Crippen LogP contribution in [0.5, 0.6) is 0 Å². The van der Waals surface area contributed by atoms with Crippen LogP contribution in [-0.2, 0) is 16.0 Å². The normalized spacial score (nSPS) is 12.5. The molecule has 0 spiro atoms. The molecule has 2 aromatic rings. The Morgan fingerprint density at radius 2 is 2.16 bits per heavy atom. The maximum Gasteiger partial charge on any atom is 0.303 e. The van der Waals surface area contributed by atoms with Crippen LogP contribution in [0.25, 0.3) is 6.20 Å². The summed E-state index contributed by atoms with van der Waals surface area (Å²) in [5, 5.41) is 4.06. The minimum absolute atomic E-state index is 0.286. The van der Waals surface area contributed by atoms with Gasteiger partial charge in [-0.25, -0.2) is 4.68 Å². The van der Waals surface area contributed by atoms with Gasteiger partial charge in [-0.05, 0) is 17.7 Å². The molecule has 0 radical (unpaired) electrons. The number of esters is 1. The third-order valence-corrected chi connectivity index (χ3v) is 2.58. The molecule has 98 valence electrons. The van der Waals surface area contributed by atoms with E-state index in [1.54, 1.807) is 17.1 Å². The van der Waals surface area contributed by atoms with Crippen LogP contribution < -0.4 is 0 Å². The van der Waals surface area contributed by atoms with Crippen LogP contribution >= 0.6 is 0 Å². The number of benzene rings is 1. The minimum atomic E-state index is -0.288. The van der Waals surface area contributed by atoms with Gasteiger partial charge in [-0.1, -0.05) is 30.3 Å². The van der Waals surface area contributed by atoms with Gasteiger partial charge in [0.1, 0.15) is 6.10 Å². The van der Waals surface area contributed by atoms with E-state index in [-0.39, 0.29) is 12.1 Å². The van der Waals surface area contributed by atoms with Crippen LogP contribution in [0.2, 0.25) is 0 Å². The Morgan fingerprint density at radius 3 is 2.79 bits per heavy atom. The smallest absolute Gasteiger partial charge is 0.303 e. The van der Waals surface area contributed by atoms with Gasteiger partial charge in [-0.3, -0.25) is 4.79 Å². The molecule has 0 saturated carbocycles. The molecule has 0 aliphatic carbocycles. The fourth-order valence-corrected chi connectivity index (χ4v) is 1.76. The summed E-state index contributed by atoms with van der Waals surface area (Å²) in [5.74, 6) is -0.286. The van der Waals surface area contributed by atoms with E-state index in [0.29, 0.717) is 6.42 Å². The molecule has 1 unspecified atom stereocenters. The molecule has 0 aliphatic rings. The fraction of sp³-hybridized carbons (Fsp3) is 0.200. The Labute approximate surface area is 112 Å². The summed E-state index contributed by atoms with van der Waals surface area (Å²) in [6.07, 6.45) is 7.51.